The van der Waals surface area contributed by atoms with Gasteiger partial charge in [-0.2, -0.15) is 0 Å². The van der Waals surface area contributed by atoms with Crippen molar-refractivity contribution in [2.75, 3.05) is 0 Å². The highest BCUT2D eigenvalue weighted by Crippen LogP contribution is 2.23. The van der Waals surface area contributed by atoms with Gasteiger partial charge in [0.05, 0.1) is 0 Å². The minimum Gasteiger partial charge on any atom is -0.457 e. The van der Waals surface area contributed by atoms with Crippen LogP contribution in [0.4, 0.5) is 0 Å². The van der Waals surface area contributed by atoms with Gasteiger partial charge < -0.3 is 10.5 Å². The molecule has 3 heteroatoms. The molecular weight excluding hydrogens is 226 g/mol. The summed E-state index contributed by atoms with van der Waals surface area (Å²) in [5.41, 5.74) is 7.77. The number of rotatable bonds is 3. The van der Waals surface area contributed by atoms with Crippen LogP contribution in [0.5, 0.6) is 11.5 Å². The van der Waals surface area contributed by atoms with E-state index in [2.05, 4.69) is 0 Å². The molecule has 1 amide bonds. The van der Waals surface area contributed by atoms with Crippen LogP contribution >= 0.6 is 0 Å². The second-order valence-corrected chi connectivity index (χ2v) is 4.26. The van der Waals surface area contributed by atoms with Crippen molar-refractivity contribution in [3.05, 3.63) is 59.2 Å². The lowest BCUT2D eigenvalue weighted by atomic mass is 10.1. The number of benzene rings is 2. The molecule has 0 saturated heterocycles. The molecule has 2 N–H and O–H groups in total. The molecular formula is C15H15NO2. The average molecular weight is 241 g/mol. The van der Waals surface area contributed by atoms with Crippen molar-refractivity contribution in [1.29, 1.82) is 0 Å². The molecule has 2 rings (SSSR count). The van der Waals surface area contributed by atoms with Crippen molar-refractivity contribution in [3.8, 4) is 11.5 Å². The topological polar surface area (TPSA) is 52.3 Å². The highest BCUT2D eigenvalue weighted by molar-refractivity contribution is 5.94. The predicted octanol–water partition coefficient (Wildman–Crippen LogP) is 3.19. The second-order valence-electron chi connectivity index (χ2n) is 4.26. The molecule has 92 valence electrons. The summed E-state index contributed by atoms with van der Waals surface area (Å²) < 4.78 is 5.70. The fourth-order valence-corrected chi connectivity index (χ4v) is 1.72. The van der Waals surface area contributed by atoms with Gasteiger partial charge in [0.2, 0.25) is 5.91 Å². The lowest BCUT2D eigenvalue weighted by Gasteiger charge is -2.08. The SMILES string of the molecule is Cc1ccc(Oc2ccc(C(N)=O)c(C)c2)cc1. The van der Waals surface area contributed by atoms with E-state index in [1.54, 1.807) is 18.2 Å². The molecule has 0 radical (unpaired) electrons. The van der Waals surface area contributed by atoms with Gasteiger partial charge in [0, 0.05) is 5.56 Å². The third-order valence-electron chi connectivity index (χ3n) is 2.72. The molecule has 0 bridgehead atoms. The summed E-state index contributed by atoms with van der Waals surface area (Å²) in [5.74, 6) is 1.04. The van der Waals surface area contributed by atoms with Crippen LogP contribution in [0.15, 0.2) is 42.5 Å². The van der Waals surface area contributed by atoms with E-state index in [9.17, 15) is 4.79 Å². The van der Waals surface area contributed by atoms with Crippen molar-refractivity contribution in [2.24, 2.45) is 5.73 Å². The summed E-state index contributed by atoms with van der Waals surface area (Å²) in [5, 5.41) is 0. The van der Waals surface area contributed by atoms with E-state index >= 15 is 0 Å². The Morgan fingerprint density at radius 2 is 1.61 bits per heavy atom. The van der Waals surface area contributed by atoms with E-state index in [0.29, 0.717) is 11.3 Å². The number of primary amides is 1. The monoisotopic (exact) mass is 241 g/mol. The molecule has 0 aliphatic heterocycles. The summed E-state index contributed by atoms with van der Waals surface area (Å²) in [4.78, 5) is 11.1. The van der Waals surface area contributed by atoms with Gasteiger partial charge in [-0.05, 0) is 49.7 Å². The van der Waals surface area contributed by atoms with Gasteiger partial charge in [0.25, 0.3) is 0 Å². The first kappa shape index (κ1) is 12.2. The zero-order chi connectivity index (χ0) is 13.1. The molecule has 18 heavy (non-hydrogen) atoms. The van der Waals surface area contributed by atoms with Crippen molar-refractivity contribution in [1.82, 2.24) is 0 Å². The normalized spacial score (nSPS) is 10.1. The fourth-order valence-electron chi connectivity index (χ4n) is 1.72. The highest BCUT2D eigenvalue weighted by Gasteiger charge is 2.06. The Morgan fingerprint density at radius 1 is 1.00 bits per heavy atom. The number of carbonyl (C=O) groups excluding carboxylic acids is 1. The van der Waals surface area contributed by atoms with Crippen LogP contribution in [0.25, 0.3) is 0 Å². The van der Waals surface area contributed by atoms with Crippen molar-refractivity contribution in [3.63, 3.8) is 0 Å². The zero-order valence-electron chi connectivity index (χ0n) is 10.4. The lowest BCUT2D eigenvalue weighted by molar-refractivity contribution is 0.0999. The van der Waals surface area contributed by atoms with Crippen LogP contribution in [-0.4, -0.2) is 5.91 Å². The molecule has 0 unspecified atom stereocenters. The van der Waals surface area contributed by atoms with E-state index in [4.69, 9.17) is 10.5 Å². The molecule has 0 atom stereocenters. The van der Waals surface area contributed by atoms with Crippen LogP contribution < -0.4 is 10.5 Å². The molecule has 0 aliphatic rings. The first-order chi connectivity index (χ1) is 8.56. The molecule has 3 nitrogen and oxygen atoms in total. The summed E-state index contributed by atoms with van der Waals surface area (Å²) >= 11 is 0. The molecule has 0 heterocycles. The number of amides is 1. The summed E-state index contributed by atoms with van der Waals surface area (Å²) in [6.07, 6.45) is 0. The van der Waals surface area contributed by atoms with Gasteiger partial charge in [0.15, 0.2) is 0 Å². The van der Waals surface area contributed by atoms with E-state index in [0.717, 1.165) is 11.3 Å². The molecule has 0 spiro atoms. The summed E-state index contributed by atoms with van der Waals surface area (Å²) in [7, 11) is 0. The van der Waals surface area contributed by atoms with Crippen molar-refractivity contribution >= 4 is 5.91 Å². The van der Waals surface area contributed by atoms with Crippen LogP contribution in [0.3, 0.4) is 0 Å². The number of hydrogen-bond acceptors (Lipinski definition) is 2. The second kappa shape index (κ2) is 4.92. The Kier molecular flexibility index (Phi) is 3.33. The molecule has 0 aromatic heterocycles. The standard InChI is InChI=1S/C15H15NO2/c1-10-3-5-12(6-4-10)18-13-7-8-14(15(16)17)11(2)9-13/h3-9H,1-2H3,(H2,16,17). The van der Waals surface area contributed by atoms with Crippen molar-refractivity contribution < 1.29 is 9.53 Å². The van der Waals surface area contributed by atoms with Crippen LogP contribution in [0.2, 0.25) is 0 Å². The maximum absolute atomic E-state index is 11.1. The van der Waals surface area contributed by atoms with Gasteiger partial charge in [0.1, 0.15) is 11.5 Å². The minimum atomic E-state index is -0.422. The first-order valence-electron chi connectivity index (χ1n) is 5.71. The summed E-state index contributed by atoms with van der Waals surface area (Å²) in [6.45, 7) is 3.86. The smallest absolute Gasteiger partial charge is 0.248 e. The fraction of sp³-hybridized carbons (Fsp3) is 0.133. The number of carbonyl (C=O) groups is 1. The maximum atomic E-state index is 11.1. The first-order valence-corrected chi connectivity index (χ1v) is 5.71. The zero-order valence-corrected chi connectivity index (χ0v) is 10.4. The Morgan fingerprint density at radius 3 is 2.17 bits per heavy atom. The van der Waals surface area contributed by atoms with Gasteiger partial charge in [-0.1, -0.05) is 17.7 Å². The predicted molar refractivity (Wildman–Crippen MR) is 70.9 cm³/mol. The van der Waals surface area contributed by atoms with Crippen LogP contribution in [0, 0.1) is 13.8 Å². The van der Waals surface area contributed by atoms with E-state index in [-0.39, 0.29) is 0 Å². The van der Waals surface area contributed by atoms with Gasteiger partial charge >= 0.3 is 0 Å². The third kappa shape index (κ3) is 2.69. The van der Waals surface area contributed by atoms with Crippen molar-refractivity contribution in [2.45, 2.75) is 13.8 Å². The molecule has 0 saturated carbocycles. The maximum Gasteiger partial charge on any atom is 0.248 e. The molecule has 2 aromatic carbocycles. The van der Waals surface area contributed by atoms with Gasteiger partial charge in [-0.3, -0.25) is 4.79 Å². The number of ether oxygens (including phenoxy) is 1. The summed E-state index contributed by atoms with van der Waals surface area (Å²) in [6, 6.07) is 13.0. The van der Waals surface area contributed by atoms with Crippen LogP contribution in [-0.2, 0) is 0 Å². The minimum absolute atomic E-state index is 0.422. The Bertz CT molecular complexity index is 574. The number of nitrogens with two attached hydrogens (primary N) is 1. The number of aryl methyl sites for hydroxylation is 2. The molecule has 0 aliphatic carbocycles. The Labute approximate surface area is 106 Å². The van der Waals surface area contributed by atoms with E-state index in [1.807, 2.05) is 38.1 Å². The van der Waals surface area contributed by atoms with E-state index < -0.39 is 5.91 Å². The van der Waals surface area contributed by atoms with E-state index in [1.165, 1.54) is 5.56 Å². The Hall–Kier alpha value is -2.29. The average Bonchev–Trinajstić information content (AvgIpc) is 2.32. The lowest BCUT2D eigenvalue weighted by Crippen LogP contribution is -2.12. The number of hydrogen-bond donors (Lipinski definition) is 1. The largest absolute Gasteiger partial charge is 0.457 e. The van der Waals surface area contributed by atoms with Gasteiger partial charge in [-0.15, -0.1) is 0 Å². The molecule has 2 aromatic rings. The van der Waals surface area contributed by atoms with Gasteiger partial charge in [-0.25, -0.2) is 0 Å². The molecule has 0 fully saturated rings. The quantitative estimate of drug-likeness (QED) is 0.897. The van der Waals surface area contributed by atoms with Crippen LogP contribution in [0.1, 0.15) is 21.5 Å². The third-order valence-corrected chi connectivity index (χ3v) is 2.72. The Balaban J connectivity index is 2.22. The highest BCUT2D eigenvalue weighted by atomic mass is 16.5.